The third kappa shape index (κ3) is 3.52. The molecule has 5 aromatic rings. The molecule has 168 valence electrons. The molecule has 0 N–H and O–H groups in total. The standard InChI is InChI=1S/C26H19N3O4S/c1-29-19-10-6-5-9-18(19)23(24(29)16-7-3-2-4-8-16)20(30)14-34-26-28-27-25(33-26)17-11-12-21-22(13-17)32-15-31-21/h2-13H,14-15H2,1H3. The Morgan fingerprint density at radius 2 is 1.74 bits per heavy atom. The van der Waals surface area contributed by atoms with Crippen LogP contribution >= 0.6 is 11.8 Å². The van der Waals surface area contributed by atoms with Gasteiger partial charge in [-0.1, -0.05) is 60.3 Å². The molecule has 3 heterocycles. The van der Waals surface area contributed by atoms with Crippen LogP contribution in [-0.4, -0.2) is 33.1 Å². The molecular formula is C26H19N3O4S. The van der Waals surface area contributed by atoms with Gasteiger partial charge in [-0.3, -0.25) is 4.79 Å². The van der Waals surface area contributed by atoms with Crippen molar-refractivity contribution in [3.63, 3.8) is 0 Å². The lowest BCUT2D eigenvalue weighted by Gasteiger charge is -2.07. The molecule has 34 heavy (non-hydrogen) atoms. The molecule has 0 saturated carbocycles. The molecule has 0 aliphatic carbocycles. The summed E-state index contributed by atoms with van der Waals surface area (Å²) in [7, 11) is 1.99. The molecule has 0 fully saturated rings. The average molecular weight is 470 g/mol. The van der Waals surface area contributed by atoms with E-state index < -0.39 is 0 Å². The molecule has 1 aliphatic rings. The number of Topliss-reactive ketones (excluding diaryl/α,β-unsaturated/α-hetero) is 1. The Hall–Kier alpha value is -4.04. The van der Waals surface area contributed by atoms with Gasteiger partial charge in [0.05, 0.1) is 17.0 Å². The van der Waals surface area contributed by atoms with Crippen molar-refractivity contribution in [3.05, 3.63) is 78.4 Å². The van der Waals surface area contributed by atoms with Gasteiger partial charge in [0.15, 0.2) is 17.3 Å². The predicted octanol–water partition coefficient (Wildman–Crippen LogP) is 5.60. The minimum atomic E-state index is 0.00322. The van der Waals surface area contributed by atoms with Crippen LogP contribution in [0.1, 0.15) is 10.4 Å². The number of benzene rings is 3. The SMILES string of the molecule is Cn1c(-c2ccccc2)c(C(=O)CSc2nnc(-c3ccc4c(c3)OCO4)o2)c2ccccc21. The number of nitrogens with zero attached hydrogens (tertiary/aromatic N) is 3. The lowest BCUT2D eigenvalue weighted by atomic mass is 10.0. The number of hydrogen-bond acceptors (Lipinski definition) is 7. The summed E-state index contributed by atoms with van der Waals surface area (Å²) in [6, 6.07) is 23.4. The molecule has 0 spiro atoms. The van der Waals surface area contributed by atoms with Gasteiger partial charge in [-0.25, -0.2) is 0 Å². The van der Waals surface area contributed by atoms with E-state index in [9.17, 15) is 4.79 Å². The summed E-state index contributed by atoms with van der Waals surface area (Å²) in [6.07, 6.45) is 0. The molecule has 3 aromatic carbocycles. The minimum absolute atomic E-state index is 0.00322. The summed E-state index contributed by atoms with van der Waals surface area (Å²) >= 11 is 1.23. The molecule has 6 rings (SSSR count). The smallest absolute Gasteiger partial charge is 0.277 e. The quantitative estimate of drug-likeness (QED) is 0.237. The Labute approximate surface area is 199 Å². The van der Waals surface area contributed by atoms with Crippen molar-refractivity contribution in [1.82, 2.24) is 14.8 Å². The topological polar surface area (TPSA) is 79.4 Å². The number of ketones is 1. The van der Waals surface area contributed by atoms with E-state index >= 15 is 0 Å². The fraction of sp³-hybridized carbons (Fsp3) is 0.115. The van der Waals surface area contributed by atoms with Gasteiger partial charge >= 0.3 is 0 Å². The van der Waals surface area contributed by atoms with Gasteiger partial charge in [0.2, 0.25) is 12.7 Å². The molecule has 0 atom stereocenters. The number of hydrogen-bond donors (Lipinski definition) is 0. The van der Waals surface area contributed by atoms with Gasteiger partial charge in [-0.05, 0) is 29.8 Å². The molecule has 0 bridgehead atoms. The third-order valence-electron chi connectivity index (χ3n) is 5.79. The zero-order valence-electron chi connectivity index (χ0n) is 18.2. The number of rotatable bonds is 6. The zero-order chi connectivity index (χ0) is 23.1. The van der Waals surface area contributed by atoms with Crippen molar-refractivity contribution < 1.29 is 18.7 Å². The van der Waals surface area contributed by atoms with Crippen LogP contribution < -0.4 is 9.47 Å². The first kappa shape index (κ1) is 20.6. The molecule has 0 amide bonds. The summed E-state index contributed by atoms with van der Waals surface area (Å²) in [4.78, 5) is 13.5. The highest BCUT2D eigenvalue weighted by molar-refractivity contribution is 7.99. The first-order valence-corrected chi connectivity index (χ1v) is 11.7. The second kappa shape index (κ2) is 8.39. The van der Waals surface area contributed by atoms with Crippen molar-refractivity contribution in [3.8, 4) is 34.2 Å². The van der Waals surface area contributed by atoms with Crippen LogP contribution in [0.15, 0.2) is 82.4 Å². The highest BCUT2D eigenvalue weighted by Gasteiger charge is 2.23. The monoisotopic (exact) mass is 469 g/mol. The van der Waals surface area contributed by atoms with E-state index in [1.54, 1.807) is 6.07 Å². The van der Waals surface area contributed by atoms with Crippen LogP contribution in [0, 0.1) is 0 Å². The maximum Gasteiger partial charge on any atom is 0.277 e. The van der Waals surface area contributed by atoms with E-state index in [-0.39, 0.29) is 18.3 Å². The maximum absolute atomic E-state index is 13.5. The first-order valence-electron chi connectivity index (χ1n) is 10.7. The fourth-order valence-corrected chi connectivity index (χ4v) is 4.86. The second-order valence-corrected chi connectivity index (χ2v) is 8.75. The van der Waals surface area contributed by atoms with Crippen molar-refractivity contribution in [1.29, 1.82) is 0 Å². The summed E-state index contributed by atoms with van der Waals surface area (Å²) < 4.78 is 18.6. The number of thioether (sulfide) groups is 1. The highest BCUT2D eigenvalue weighted by atomic mass is 32.2. The summed E-state index contributed by atoms with van der Waals surface area (Å²) in [5.41, 5.74) is 4.34. The van der Waals surface area contributed by atoms with E-state index in [0.29, 0.717) is 28.2 Å². The highest BCUT2D eigenvalue weighted by Crippen LogP contribution is 2.37. The number of fused-ring (bicyclic) bond motifs is 2. The molecule has 0 unspecified atom stereocenters. The van der Waals surface area contributed by atoms with Crippen LogP contribution in [0.2, 0.25) is 0 Å². The average Bonchev–Trinajstić information content (AvgIpc) is 3.61. The number of aromatic nitrogens is 3. The van der Waals surface area contributed by atoms with Crippen molar-refractivity contribution in [2.24, 2.45) is 7.05 Å². The summed E-state index contributed by atoms with van der Waals surface area (Å²) in [5, 5.41) is 9.52. The van der Waals surface area contributed by atoms with Gasteiger partial charge in [0.25, 0.3) is 5.22 Å². The Kier molecular flexibility index (Phi) is 5.07. The van der Waals surface area contributed by atoms with Gasteiger partial charge in [0.1, 0.15) is 0 Å². The molecule has 2 aromatic heterocycles. The lowest BCUT2D eigenvalue weighted by molar-refractivity contribution is 0.102. The number of para-hydroxylation sites is 1. The van der Waals surface area contributed by atoms with E-state index in [1.165, 1.54) is 11.8 Å². The van der Waals surface area contributed by atoms with Crippen LogP contribution in [0.3, 0.4) is 0 Å². The number of ether oxygens (including phenoxy) is 2. The van der Waals surface area contributed by atoms with Crippen LogP contribution in [0.4, 0.5) is 0 Å². The van der Waals surface area contributed by atoms with E-state index in [4.69, 9.17) is 13.9 Å². The van der Waals surface area contributed by atoms with E-state index in [2.05, 4.69) is 14.8 Å². The van der Waals surface area contributed by atoms with Gasteiger partial charge in [0, 0.05) is 23.5 Å². The maximum atomic E-state index is 13.5. The minimum Gasteiger partial charge on any atom is -0.454 e. The van der Waals surface area contributed by atoms with Crippen LogP contribution in [0.5, 0.6) is 11.5 Å². The Morgan fingerprint density at radius 1 is 0.941 bits per heavy atom. The molecule has 0 saturated heterocycles. The molecule has 7 nitrogen and oxygen atoms in total. The molecule has 8 heteroatoms. The first-order chi connectivity index (χ1) is 16.7. The van der Waals surface area contributed by atoms with Crippen molar-refractivity contribution in [2.45, 2.75) is 5.22 Å². The fourth-order valence-electron chi connectivity index (χ4n) is 4.22. The number of aryl methyl sites for hydroxylation is 1. The number of carbonyl (C=O) groups excluding carboxylic acids is 1. The lowest BCUT2D eigenvalue weighted by Crippen LogP contribution is -2.05. The normalized spacial score (nSPS) is 12.4. The van der Waals surface area contributed by atoms with Gasteiger partial charge in [-0.15, -0.1) is 10.2 Å². The van der Waals surface area contributed by atoms with E-state index in [0.717, 1.165) is 27.7 Å². The Balaban J connectivity index is 1.28. The summed E-state index contributed by atoms with van der Waals surface area (Å²) in [5.74, 6) is 1.88. The molecule has 1 aliphatic heterocycles. The van der Waals surface area contributed by atoms with Crippen LogP contribution in [-0.2, 0) is 7.05 Å². The second-order valence-electron chi connectivity index (χ2n) is 7.82. The zero-order valence-corrected chi connectivity index (χ0v) is 19.0. The summed E-state index contributed by atoms with van der Waals surface area (Å²) in [6.45, 7) is 0.199. The van der Waals surface area contributed by atoms with Gasteiger partial charge in [-0.2, -0.15) is 0 Å². The largest absolute Gasteiger partial charge is 0.454 e. The predicted molar refractivity (Wildman–Crippen MR) is 129 cm³/mol. The van der Waals surface area contributed by atoms with Crippen molar-refractivity contribution >= 4 is 28.4 Å². The number of carbonyl (C=O) groups is 1. The van der Waals surface area contributed by atoms with Gasteiger partial charge < -0.3 is 18.5 Å². The molecular weight excluding hydrogens is 450 g/mol. The Morgan fingerprint density at radius 3 is 2.62 bits per heavy atom. The molecule has 0 radical (unpaired) electrons. The van der Waals surface area contributed by atoms with E-state index in [1.807, 2.05) is 73.8 Å². The third-order valence-corrected chi connectivity index (χ3v) is 6.60. The van der Waals surface area contributed by atoms with Crippen LogP contribution in [0.25, 0.3) is 33.6 Å². The van der Waals surface area contributed by atoms with Crippen molar-refractivity contribution in [2.75, 3.05) is 12.5 Å². The Bertz CT molecular complexity index is 1520.